The summed E-state index contributed by atoms with van der Waals surface area (Å²) in [6.07, 6.45) is 0. The summed E-state index contributed by atoms with van der Waals surface area (Å²) >= 11 is 0. The summed E-state index contributed by atoms with van der Waals surface area (Å²) in [4.78, 5) is 65.1. The van der Waals surface area contributed by atoms with Gasteiger partial charge < -0.3 is 19.9 Å². The van der Waals surface area contributed by atoms with Crippen LogP contribution in [0.4, 0.5) is 28.4 Å². The van der Waals surface area contributed by atoms with Gasteiger partial charge in [-0.25, -0.2) is 0 Å². The monoisotopic (exact) mass is 642 g/mol. The minimum absolute atomic E-state index is 0.0875. The minimum Gasteiger partial charge on any atom is -0.416 e. The van der Waals surface area contributed by atoms with E-state index in [9.17, 15) is 39.9 Å². The van der Waals surface area contributed by atoms with E-state index < -0.39 is 43.6 Å². The molecule has 0 fully saturated rings. The summed E-state index contributed by atoms with van der Waals surface area (Å²) in [6, 6.07) is 18.3. The molecule has 0 saturated heterocycles. The first-order valence-electron chi connectivity index (χ1n) is 12.9. The number of carbonyl (C=O) groups is 2. The molecule has 19 nitrogen and oxygen atoms in total. The maximum Gasteiger partial charge on any atom is 0.277 e. The Morgan fingerprint density at radius 3 is 1.45 bits per heavy atom. The lowest BCUT2D eigenvalue weighted by Crippen LogP contribution is -2.13. The highest BCUT2D eigenvalue weighted by molar-refractivity contribution is 6.05. The van der Waals surface area contributed by atoms with Crippen LogP contribution in [0.15, 0.2) is 89.3 Å². The van der Waals surface area contributed by atoms with Gasteiger partial charge in [0.2, 0.25) is 11.8 Å². The van der Waals surface area contributed by atoms with Gasteiger partial charge in [-0.1, -0.05) is 4.99 Å². The van der Waals surface area contributed by atoms with E-state index in [2.05, 4.69) is 30.7 Å². The van der Waals surface area contributed by atoms with Crippen molar-refractivity contribution in [2.75, 3.05) is 10.6 Å². The van der Waals surface area contributed by atoms with Crippen molar-refractivity contribution in [3.8, 4) is 28.7 Å². The van der Waals surface area contributed by atoms with Crippen LogP contribution in [-0.2, 0) is 4.99 Å². The summed E-state index contributed by atoms with van der Waals surface area (Å²) in [5, 5.41) is 46.6. The summed E-state index contributed by atoms with van der Waals surface area (Å²) in [6.45, 7) is 0. The Morgan fingerprint density at radius 2 is 1.04 bits per heavy atom. The van der Waals surface area contributed by atoms with E-state index in [0.717, 1.165) is 30.3 Å². The Balaban J connectivity index is 1.25. The quantitative estimate of drug-likeness (QED) is 0.0990. The second-order valence-corrected chi connectivity index (χ2v) is 9.38. The van der Waals surface area contributed by atoms with Crippen molar-refractivity contribution in [1.82, 2.24) is 10.2 Å². The van der Waals surface area contributed by atoms with Gasteiger partial charge in [-0.05, 0) is 54.6 Å². The molecule has 2 amide bonds. The molecule has 0 unspecified atom stereocenters. The third kappa shape index (κ3) is 7.34. The molecule has 47 heavy (non-hydrogen) atoms. The number of non-ortho nitro benzene ring substituents is 3. The largest absolute Gasteiger partial charge is 0.416 e. The van der Waals surface area contributed by atoms with Crippen LogP contribution >= 0.6 is 0 Å². The van der Waals surface area contributed by atoms with Gasteiger partial charge in [0.05, 0.1) is 38.0 Å². The molecule has 0 bridgehead atoms. The first kappa shape index (κ1) is 31.3. The molecule has 19 heteroatoms. The number of nitro benzene ring substituents is 3. The standard InChI is InChI=1S/C28H18N8O11/c29-47-46-24-12-18(11-23(14-24)36(43)44)26(38)31-20-7-3-16(4-8-20)28-33-32-27(45-28)15-1-5-19(6-2-15)30-25(37)17-9-21(34(39)40)13-22(10-17)35(41)42/h1-14H,29H2,(H,30,37)(H,31,38). The molecule has 236 valence electrons. The number of hydrogen-bond acceptors (Lipinski definition) is 14. The second-order valence-electron chi connectivity index (χ2n) is 9.38. The van der Waals surface area contributed by atoms with Crippen LogP contribution < -0.4 is 21.4 Å². The number of anilines is 2. The normalized spacial score (nSPS) is 10.6. The van der Waals surface area contributed by atoms with Crippen molar-refractivity contribution in [3.63, 3.8) is 0 Å². The SMILES string of the molecule is NOOc1cc(C(=O)Nc2ccc(-c3nnc(-c4ccc(NC(=O)c5cc([N+](=O)[O-])cc([N+](=O)[O-])c5)cc4)o3)cc2)cc([N+](=O)[O-])c1. The summed E-state index contributed by atoms with van der Waals surface area (Å²) in [5.74, 6) is 3.50. The molecule has 0 aliphatic rings. The van der Waals surface area contributed by atoms with Crippen LogP contribution in [0.1, 0.15) is 20.7 Å². The molecule has 0 radical (unpaired) electrons. The van der Waals surface area contributed by atoms with Crippen molar-refractivity contribution in [1.29, 1.82) is 0 Å². The van der Waals surface area contributed by atoms with E-state index >= 15 is 0 Å². The van der Waals surface area contributed by atoms with Gasteiger partial charge in [0, 0.05) is 40.7 Å². The Bertz CT molecular complexity index is 2000. The molecule has 0 saturated carbocycles. The van der Waals surface area contributed by atoms with E-state index in [0.29, 0.717) is 16.8 Å². The fourth-order valence-electron chi connectivity index (χ4n) is 4.12. The number of nitrogens with zero attached hydrogens (tertiary/aromatic N) is 5. The molecule has 4 aromatic carbocycles. The Kier molecular flexibility index (Phi) is 8.83. The lowest BCUT2D eigenvalue weighted by atomic mass is 10.1. The first-order valence-corrected chi connectivity index (χ1v) is 12.9. The molecule has 5 rings (SSSR count). The first-order chi connectivity index (χ1) is 22.5. The number of carbonyl (C=O) groups excluding carboxylic acids is 2. The van der Waals surface area contributed by atoms with E-state index in [4.69, 9.17) is 10.3 Å². The Hall–Kier alpha value is -7.12. The molecular formula is C28H18N8O11. The van der Waals surface area contributed by atoms with Gasteiger partial charge in [-0.2, -0.15) is 5.90 Å². The number of hydrogen-bond donors (Lipinski definition) is 3. The molecule has 0 aliphatic heterocycles. The molecule has 0 spiro atoms. The number of nitrogens with two attached hydrogens (primary N) is 1. The van der Waals surface area contributed by atoms with E-state index in [-0.39, 0.29) is 34.3 Å². The molecule has 0 atom stereocenters. The number of nitrogens with one attached hydrogen (secondary N) is 2. The molecule has 1 heterocycles. The smallest absolute Gasteiger partial charge is 0.277 e. The van der Waals surface area contributed by atoms with Crippen molar-refractivity contribution in [3.05, 3.63) is 126 Å². The van der Waals surface area contributed by atoms with Gasteiger partial charge in [-0.3, -0.25) is 39.9 Å². The average molecular weight is 642 g/mol. The second kappa shape index (κ2) is 13.3. The van der Waals surface area contributed by atoms with Crippen molar-refractivity contribution in [2.24, 2.45) is 5.90 Å². The average Bonchev–Trinajstić information content (AvgIpc) is 3.55. The van der Waals surface area contributed by atoms with Crippen LogP contribution in [0.5, 0.6) is 5.75 Å². The van der Waals surface area contributed by atoms with Crippen LogP contribution in [-0.4, -0.2) is 36.8 Å². The van der Waals surface area contributed by atoms with E-state index in [1.807, 2.05) is 0 Å². The fourth-order valence-corrected chi connectivity index (χ4v) is 4.12. The lowest BCUT2D eigenvalue weighted by Gasteiger charge is -2.07. The number of benzene rings is 4. The van der Waals surface area contributed by atoms with Crippen LogP contribution in [0.3, 0.4) is 0 Å². The fraction of sp³-hybridized carbons (Fsp3) is 0. The number of rotatable bonds is 11. The van der Waals surface area contributed by atoms with Gasteiger partial charge in [0.25, 0.3) is 28.9 Å². The van der Waals surface area contributed by atoms with E-state index in [1.165, 1.54) is 18.2 Å². The Labute approximate surface area is 260 Å². The molecular weight excluding hydrogens is 624 g/mol. The summed E-state index contributed by atoms with van der Waals surface area (Å²) in [7, 11) is 0. The number of amides is 2. The highest BCUT2D eigenvalue weighted by Crippen LogP contribution is 2.28. The zero-order valence-corrected chi connectivity index (χ0v) is 23.4. The maximum absolute atomic E-state index is 12.7. The minimum atomic E-state index is -0.835. The van der Waals surface area contributed by atoms with E-state index in [1.54, 1.807) is 36.4 Å². The van der Waals surface area contributed by atoms with Crippen molar-refractivity contribution >= 4 is 40.3 Å². The maximum atomic E-state index is 12.7. The van der Waals surface area contributed by atoms with Crippen LogP contribution in [0, 0.1) is 30.3 Å². The third-order valence-corrected chi connectivity index (χ3v) is 6.30. The number of nitro groups is 3. The number of aromatic nitrogens is 2. The predicted molar refractivity (Wildman–Crippen MR) is 160 cm³/mol. The van der Waals surface area contributed by atoms with Gasteiger partial charge in [0.1, 0.15) is 0 Å². The molecule has 0 aliphatic carbocycles. The predicted octanol–water partition coefficient (Wildman–Crippen LogP) is 4.82. The zero-order chi connectivity index (χ0) is 33.7. The highest BCUT2D eigenvalue weighted by atomic mass is 17.3. The van der Waals surface area contributed by atoms with Gasteiger partial charge in [0.15, 0.2) is 5.75 Å². The molecule has 1 aromatic heterocycles. The van der Waals surface area contributed by atoms with Crippen molar-refractivity contribution in [2.45, 2.75) is 0 Å². The van der Waals surface area contributed by atoms with Gasteiger partial charge in [-0.15, -0.1) is 10.2 Å². The zero-order valence-electron chi connectivity index (χ0n) is 23.4. The summed E-state index contributed by atoms with van der Waals surface area (Å²) in [5.41, 5.74) is -0.361. The highest BCUT2D eigenvalue weighted by Gasteiger charge is 2.21. The lowest BCUT2D eigenvalue weighted by molar-refractivity contribution is -0.394. The van der Waals surface area contributed by atoms with Crippen LogP contribution in [0.25, 0.3) is 22.9 Å². The summed E-state index contributed by atoms with van der Waals surface area (Å²) < 4.78 is 5.75. The molecule has 5 aromatic rings. The molecule has 4 N–H and O–H groups in total. The topological polar surface area (TPSA) is 271 Å². The van der Waals surface area contributed by atoms with Crippen molar-refractivity contribution < 1.29 is 38.7 Å². The van der Waals surface area contributed by atoms with Gasteiger partial charge >= 0.3 is 0 Å². The Morgan fingerprint density at radius 1 is 0.638 bits per heavy atom. The third-order valence-electron chi connectivity index (χ3n) is 6.30. The van der Waals surface area contributed by atoms with Crippen LogP contribution in [0.2, 0.25) is 0 Å².